The molecule has 1 atom stereocenters. The van der Waals surface area contributed by atoms with Crippen LogP contribution >= 0.6 is 0 Å². The fourth-order valence-corrected chi connectivity index (χ4v) is 3.75. The van der Waals surface area contributed by atoms with Crippen LogP contribution in [-0.4, -0.2) is 39.5 Å². The van der Waals surface area contributed by atoms with Gasteiger partial charge in [0.2, 0.25) is 5.95 Å². The van der Waals surface area contributed by atoms with Gasteiger partial charge in [-0.25, -0.2) is 15.0 Å². The Morgan fingerprint density at radius 1 is 1.07 bits per heavy atom. The molecule has 1 fully saturated rings. The van der Waals surface area contributed by atoms with Crippen molar-refractivity contribution in [3.05, 3.63) is 77.7 Å². The Kier molecular flexibility index (Phi) is 5.92. The number of nitrogens with one attached hydrogen (secondary N) is 1. The van der Waals surface area contributed by atoms with Crippen LogP contribution in [0.2, 0.25) is 0 Å². The Morgan fingerprint density at radius 2 is 1.96 bits per heavy atom. The summed E-state index contributed by atoms with van der Waals surface area (Å²) >= 11 is 0. The number of anilines is 2. The molecule has 0 radical (unpaired) electrons. The standard InChI is InChI=1S/C23H27N5/c1-18-9-10-22(25-16-18)27-23-24-13-11-21(26-23)20-8-5-14-28(17-20)15-12-19-6-3-2-4-7-19/h2-4,6-7,9-11,13,16,20H,5,8,12,14-15,17H2,1H3,(H,24,25,26,27). The van der Waals surface area contributed by atoms with E-state index in [0.717, 1.165) is 36.6 Å². The van der Waals surface area contributed by atoms with Crippen molar-refractivity contribution in [2.24, 2.45) is 0 Å². The van der Waals surface area contributed by atoms with E-state index < -0.39 is 0 Å². The monoisotopic (exact) mass is 373 g/mol. The van der Waals surface area contributed by atoms with Crippen LogP contribution in [0.1, 0.15) is 35.6 Å². The van der Waals surface area contributed by atoms with Crippen molar-refractivity contribution in [3.63, 3.8) is 0 Å². The molecule has 0 aliphatic carbocycles. The van der Waals surface area contributed by atoms with Gasteiger partial charge in [0.1, 0.15) is 5.82 Å². The van der Waals surface area contributed by atoms with Gasteiger partial charge in [-0.1, -0.05) is 36.4 Å². The van der Waals surface area contributed by atoms with Gasteiger partial charge in [0.25, 0.3) is 0 Å². The molecule has 1 saturated heterocycles. The molecule has 3 heterocycles. The van der Waals surface area contributed by atoms with Gasteiger partial charge in [-0.2, -0.15) is 0 Å². The van der Waals surface area contributed by atoms with Crippen molar-refractivity contribution in [1.29, 1.82) is 0 Å². The summed E-state index contributed by atoms with van der Waals surface area (Å²) in [5, 5.41) is 3.22. The Morgan fingerprint density at radius 3 is 2.79 bits per heavy atom. The Labute approximate surface area is 166 Å². The van der Waals surface area contributed by atoms with Crippen molar-refractivity contribution in [1.82, 2.24) is 19.9 Å². The average Bonchev–Trinajstić information content (AvgIpc) is 2.75. The first-order chi connectivity index (χ1) is 13.8. The van der Waals surface area contributed by atoms with Gasteiger partial charge < -0.3 is 10.2 Å². The molecule has 0 amide bonds. The number of pyridine rings is 1. The van der Waals surface area contributed by atoms with Gasteiger partial charge in [0.05, 0.1) is 5.69 Å². The molecule has 2 aromatic heterocycles. The summed E-state index contributed by atoms with van der Waals surface area (Å²) in [6.07, 6.45) is 7.19. The van der Waals surface area contributed by atoms with Gasteiger partial charge in [0.15, 0.2) is 0 Å². The molecule has 5 heteroatoms. The van der Waals surface area contributed by atoms with Crippen molar-refractivity contribution in [2.75, 3.05) is 25.0 Å². The minimum absolute atomic E-state index is 0.457. The molecule has 0 saturated carbocycles. The third-order valence-corrected chi connectivity index (χ3v) is 5.31. The van der Waals surface area contributed by atoms with Gasteiger partial charge >= 0.3 is 0 Å². The maximum Gasteiger partial charge on any atom is 0.228 e. The lowest BCUT2D eigenvalue weighted by Crippen LogP contribution is -2.36. The van der Waals surface area contributed by atoms with Crippen LogP contribution in [0, 0.1) is 6.92 Å². The van der Waals surface area contributed by atoms with Crippen LogP contribution < -0.4 is 5.32 Å². The predicted molar refractivity (Wildman–Crippen MR) is 113 cm³/mol. The zero-order chi connectivity index (χ0) is 19.2. The maximum atomic E-state index is 4.78. The summed E-state index contributed by atoms with van der Waals surface area (Å²) in [7, 11) is 0. The summed E-state index contributed by atoms with van der Waals surface area (Å²) in [5.41, 5.74) is 3.66. The zero-order valence-electron chi connectivity index (χ0n) is 16.4. The van der Waals surface area contributed by atoms with Crippen LogP contribution in [0.15, 0.2) is 60.9 Å². The number of piperidine rings is 1. The Bertz CT molecular complexity index is 879. The second-order valence-corrected chi connectivity index (χ2v) is 7.53. The van der Waals surface area contributed by atoms with E-state index in [1.165, 1.54) is 24.9 Å². The molecule has 3 aromatic rings. The average molecular weight is 374 g/mol. The van der Waals surface area contributed by atoms with E-state index in [2.05, 4.69) is 56.6 Å². The fraction of sp³-hybridized carbons (Fsp3) is 0.348. The van der Waals surface area contributed by atoms with E-state index in [9.17, 15) is 0 Å². The first-order valence-corrected chi connectivity index (χ1v) is 10.1. The van der Waals surface area contributed by atoms with E-state index >= 15 is 0 Å². The molecule has 1 aliphatic heterocycles. The summed E-state index contributed by atoms with van der Waals surface area (Å²) in [6.45, 7) is 5.36. The molecule has 28 heavy (non-hydrogen) atoms. The molecule has 0 bridgehead atoms. The van der Waals surface area contributed by atoms with E-state index in [1.807, 2.05) is 31.5 Å². The van der Waals surface area contributed by atoms with Crippen molar-refractivity contribution in [3.8, 4) is 0 Å². The number of rotatable bonds is 6. The lowest BCUT2D eigenvalue weighted by atomic mass is 9.94. The molecule has 1 N–H and O–H groups in total. The molecular formula is C23H27N5. The number of aryl methyl sites for hydroxylation is 1. The summed E-state index contributed by atoms with van der Waals surface area (Å²) in [5.74, 6) is 1.85. The van der Waals surface area contributed by atoms with Crippen molar-refractivity contribution < 1.29 is 0 Å². The number of nitrogens with zero attached hydrogens (tertiary/aromatic N) is 4. The largest absolute Gasteiger partial charge is 0.309 e. The van der Waals surface area contributed by atoms with Gasteiger partial charge in [0, 0.05) is 31.4 Å². The highest BCUT2D eigenvalue weighted by Gasteiger charge is 2.22. The molecule has 144 valence electrons. The summed E-state index contributed by atoms with van der Waals surface area (Å²) in [6, 6.07) is 16.8. The van der Waals surface area contributed by atoms with Gasteiger partial charge in [-0.05, 0) is 56.0 Å². The second-order valence-electron chi connectivity index (χ2n) is 7.53. The molecule has 0 spiro atoms. The zero-order valence-corrected chi connectivity index (χ0v) is 16.4. The predicted octanol–water partition coefficient (Wildman–Crippen LogP) is 4.35. The number of benzene rings is 1. The minimum atomic E-state index is 0.457. The molecule has 1 aromatic carbocycles. The van der Waals surface area contributed by atoms with Crippen molar-refractivity contribution >= 4 is 11.8 Å². The van der Waals surface area contributed by atoms with E-state index in [0.29, 0.717) is 11.9 Å². The van der Waals surface area contributed by atoms with Crippen LogP contribution in [0.25, 0.3) is 0 Å². The number of aromatic nitrogens is 3. The van der Waals surface area contributed by atoms with E-state index in [1.54, 1.807) is 0 Å². The van der Waals surface area contributed by atoms with Crippen LogP contribution in [0.4, 0.5) is 11.8 Å². The minimum Gasteiger partial charge on any atom is -0.309 e. The normalized spacial score (nSPS) is 17.4. The van der Waals surface area contributed by atoms with Gasteiger partial charge in [-0.3, -0.25) is 0 Å². The van der Waals surface area contributed by atoms with Gasteiger partial charge in [-0.15, -0.1) is 0 Å². The third-order valence-electron chi connectivity index (χ3n) is 5.31. The Balaban J connectivity index is 1.38. The quantitative estimate of drug-likeness (QED) is 0.696. The first-order valence-electron chi connectivity index (χ1n) is 10.1. The van der Waals surface area contributed by atoms with Crippen LogP contribution in [0.5, 0.6) is 0 Å². The molecule has 1 unspecified atom stereocenters. The Hall–Kier alpha value is -2.79. The number of hydrogen-bond donors (Lipinski definition) is 1. The van der Waals surface area contributed by atoms with E-state index in [-0.39, 0.29) is 0 Å². The first kappa shape index (κ1) is 18.6. The van der Waals surface area contributed by atoms with E-state index in [4.69, 9.17) is 4.98 Å². The molecule has 4 rings (SSSR count). The topological polar surface area (TPSA) is 53.9 Å². The number of likely N-dealkylation sites (tertiary alicyclic amines) is 1. The highest BCUT2D eigenvalue weighted by Crippen LogP contribution is 2.26. The smallest absolute Gasteiger partial charge is 0.228 e. The van der Waals surface area contributed by atoms with Crippen molar-refractivity contribution in [2.45, 2.75) is 32.1 Å². The number of hydrogen-bond acceptors (Lipinski definition) is 5. The molecular weight excluding hydrogens is 346 g/mol. The highest BCUT2D eigenvalue weighted by molar-refractivity contribution is 5.47. The lowest BCUT2D eigenvalue weighted by Gasteiger charge is -2.32. The van der Waals surface area contributed by atoms with Crippen LogP contribution in [0.3, 0.4) is 0 Å². The SMILES string of the molecule is Cc1ccc(Nc2nccc(C3CCCN(CCc4ccccc4)C3)n2)nc1. The van der Waals surface area contributed by atoms with Crippen LogP contribution in [-0.2, 0) is 6.42 Å². The summed E-state index contributed by atoms with van der Waals surface area (Å²) < 4.78 is 0. The summed E-state index contributed by atoms with van der Waals surface area (Å²) in [4.78, 5) is 16.1. The highest BCUT2D eigenvalue weighted by atomic mass is 15.2. The fourth-order valence-electron chi connectivity index (χ4n) is 3.75. The third kappa shape index (κ3) is 4.93. The second kappa shape index (κ2) is 8.93. The maximum absolute atomic E-state index is 4.78. The lowest BCUT2D eigenvalue weighted by molar-refractivity contribution is 0.208. The molecule has 5 nitrogen and oxygen atoms in total. The molecule has 1 aliphatic rings.